The number of aromatic nitrogens is 2. The van der Waals surface area contributed by atoms with Gasteiger partial charge in [0.1, 0.15) is 5.82 Å². The van der Waals surface area contributed by atoms with Gasteiger partial charge < -0.3 is 19.1 Å². The average molecular weight is 969 g/mol. The van der Waals surface area contributed by atoms with E-state index in [1.165, 1.54) is 53.5 Å². The summed E-state index contributed by atoms with van der Waals surface area (Å²) in [6, 6.07) is 48.3. The smallest absolute Gasteiger partial charge is 0.135 e. The number of fused-ring (bicyclic) bond motifs is 8. The molecular weight excluding hydrogens is 924 g/mol. The van der Waals surface area contributed by atoms with Crippen molar-refractivity contribution < 1.29 is 25.8 Å². The molecule has 1 aliphatic heterocycles. The predicted molar refractivity (Wildman–Crippen MR) is 244 cm³/mol. The van der Waals surface area contributed by atoms with Gasteiger partial charge in [-0.2, -0.15) is 12.1 Å². The molecule has 6 aromatic carbocycles. The van der Waals surface area contributed by atoms with E-state index in [0.717, 1.165) is 39.3 Å². The molecule has 298 valence electrons. The number of para-hydroxylation sites is 2. The topological polar surface area (TPSA) is 33.5 Å². The van der Waals surface area contributed by atoms with Crippen LogP contribution in [0, 0.1) is 32.6 Å². The Labute approximate surface area is 365 Å². The molecule has 0 N–H and O–H groups in total. The largest absolute Gasteiger partial charge is 0.509 e. The molecule has 1 aliphatic rings. The second kappa shape index (κ2) is 14.4. The van der Waals surface area contributed by atoms with Crippen molar-refractivity contribution in [2.75, 3.05) is 9.80 Å². The van der Waals surface area contributed by atoms with Crippen molar-refractivity contribution in [3.8, 4) is 17.3 Å². The van der Waals surface area contributed by atoms with Gasteiger partial charge in [-0.15, -0.1) is 59.4 Å². The van der Waals surface area contributed by atoms with Crippen molar-refractivity contribution in [3.05, 3.63) is 163 Å². The number of anilines is 4. The summed E-state index contributed by atoms with van der Waals surface area (Å²) in [7, 11) is 0. The van der Waals surface area contributed by atoms with Crippen molar-refractivity contribution in [2.24, 2.45) is 0 Å². The second-order valence-corrected chi connectivity index (χ2v) is 18.6. The van der Waals surface area contributed by atoms with Gasteiger partial charge >= 0.3 is 0 Å². The van der Waals surface area contributed by atoms with Crippen molar-refractivity contribution in [1.82, 2.24) is 9.55 Å². The zero-order valence-electron chi connectivity index (χ0n) is 34.5. The molecule has 59 heavy (non-hydrogen) atoms. The fourth-order valence-corrected chi connectivity index (χ4v) is 9.72. The van der Waals surface area contributed by atoms with E-state index in [9.17, 15) is 0 Å². The van der Waals surface area contributed by atoms with Crippen molar-refractivity contribution >= 4 is 76.1 Å². The fraction of sp³-hybridized carbons (Fsp3) is 0.192. The Kier molecular flexibility index (Phi) is 9.53. The minimum absolute atomic E-state index is 0. The van der Waals surface area contributed by atoms with Crippen LogP contribution in [0.4, 0.5) is 22.7 Å². The zero-order chi connectivity index (χ0) is 40.1. The summed E-state index contributed by atoms with van der Waals surface area (Å²) in [4.78, 5) is 9.50. The summed E-state index contributed by atoms with van der Waals surface area (Å²) in [5, 5.41) is 4.79. The van der Waals surface area contributed by atoms with Gasteiger partial charge in [0.15, 0.2) is 0 Å². The number of hydrogen-bond donors (Lipinski definition) is 0. The number of thiophene rings is 1. The molecule has 0 atom stereocenters. The number of aryl methyl sites for hydroxylation is 2. The molecule has 9 aromatic rings. The number of benzene rings is 6. The molecule has 0 radical (unpaired) electrons. The molecule has 5 nitrogen and oxygen atoms in total. The summed E-state index contributed by atoms with van der Waals surface area (Å²) in [5.41, 5.74) is 11.4. The van der Waals surface area contributed by atoms with E-state index >= 15 is 0 Å². The third kappa shape index (κ3) is 6.62. The van der Waals surface area contributed by atoms with Crippen LogP contribution in [0.5, 0.6) is 11.5 Å². The molecule has 0 amide bonds. The summed E-state index contributed by atoms with van der Waals surface area (Å²) in [6.07, 6.45) is 1.93. The third-order valence-electron chi connectivity index (χ3n) is 11.5. The fourth-order valence-electron chi connectivity index (χ4n) is 8.48. The molecule has 7 heteroatoms. The molecule has 3 aromatic heterocycles. The number of rotatable bonds is 5. The normalized spacial score (nSPS) is 13.2. The number of nitrogens with zero attached hydrogens (tertiary/aromatic N) is 4. The SMILES string of the molecule is Cc1cc(C(C)(C)C)cc(C)c1N1[CH-]N(c2[c-]c(Oc3[c-]c4c(cc3)c3ccc5c6ccccc6sc5c3n4-c3cc(C(C)(C)C)ccn3)ccc2)c2ccccc21.[Pt]. The van der Waals surface area contributed by atoms with Crippen LogP contribution < -0.4 is 14.5 Å². The van der Waals surface area contributed by atoms with E-state index in [0.29, 0.717) is 11.5 Å². The van der Waals surface area contributed by atoms with Gasteiger partial charge in [-0.25, -0.2) is 4.98 Å². The molecule has 0 bridgehead atoms. The van der Waals surface area contributed by atoms with Crippen LogP contribution in [0.2, 0.25) is 0 Å². The van der Waals surface area contributed by atoms with Crippen LogP contribution in [0.25, 0.3) is 47.8 Å². The number of hydrogen-bond acceptors (Lipinski definition) is 5. The first-order valence-corrected chi connectivity index (χ1v) is 20.8. The first-order valence-electron chi connectivity index (χ1n) is 20.0. The van der Waals surface area contributed by atoms with E-state index in [1.807, 2.05) is 35.7 Å². The Morgan fingerprint density at radius 3 is 2.03 bits per heavy atom. The Balaban J connectivity index is 0.00000449. The van der Waals surface area contributed by atoms with Crippen LogP contribution >= 0.6 is 11.3 Å². The molecule has 4 heterocycles. The van der Waals surface area contributed by atoms with E-state index in [-0.39, 0.29) is 31.9 Å². The maximum Gasteiger partial charge on any atom is 0.135 e. The molecular formula is C52H45N4OPtS-3. The number of pyridine rings is 1. The van der Waals surface area contributed by atoms with Crippen LogP contribution in [-0.4, -0.2) is 9.55 Å². The van der Waals surface area contributed by atoms with E-state index in [4.69, 9.17) is 9.72 Å². The third-order valence-corrected chi connectivity index (χ3v) is 12.7. The van der Waals surface area contributed by atoms with Crippen molar-refractivity contribution in [1.29, 1.82) is 0 Å². The zero-order valence-corrected chi connectivity index (χ0v) is 37.6. The van der Waals surface area contributed by atoms with Crippen LogP contribution in [0.15, 0.2) is 121 Å². The van der Waals surface area contributed by atoms with E-state index in [2.05, 4.69) is 186 Å². The Morgan fingerprint density at radius 2 is 1.29 bits per heavy atom. The Hall–Kier alpha value is -5.42. The van der Waals surface area contributed by atoms with Crippen molar-refractivity contribution in [3.63, 3.8) is 0 Å². The molecule has 0 saturated heterocycles. The van der Waals surface area contributed by atoms with Gasteiger partial charge in [-0.05, 0) is 82.6 Å². The molecule has 0 unspecified atom stereocenters. The van der Waals surface area contributed by atoms with E-state index in [1.54, 1.807) is 0 Å². The number of ether oxygens (including phenoxy) is 1. The first kappa shape index (κ1) is 39.1. The first-order chi connectivity index (χ1) is 27.8. The van der Waals surface area contributed by atoms with Gasteiger partial charge in [-0.3, -0.25) is 0 Å². The second-order valence-electron chi connectivity index (χ2n) is 17.6. The standard InChI is InChI=1S/C52H45N4OS.Pt/c1-32-26-35(52(6,7)8)27-33(2)48(32)55-31-54(43-17-10-11-18-44(43)55)36-14-13-15-37(29-36)57-38-20-21-39-41-22-23-42-40-16-9-12-19-46(40)58-50(42)49(41)56(45(39)30-38)47-28-34(24-25-53-47)51(3,4)5;/h9-28,31H,1-8H3;/q-3;. The minimum atomic E-state index is -0.0406. The van der Waals surface area contributed by atoms with Gasteiger partial charge in [-0.1, -0.05) is 102 Å². The van der Waals surface area contributed by atoms with E-state index < -0.39 is 0 Å². The molecule has 10 rings (SSSR count). The predicted octanol–water partition coefficient (Wildman–Crippen LogP) is 14.6. The molecule has 0 fully saturated rings. The van der Waals surface area contributed by atoms with Crippen LogP contribution in [0.3, 0.4) is 0 Å². The maximum absolute atomic E-state index is 6.67. The summed E-state index contributed by atoms with van der Waals surface area (Å²) >= 11 is 1.83. The summed E-state index contributed by atoms with van der Waals surface area (Å²) in [6.45, 7) is 20.1. The van der Waals surface area contributed by atoms with Gasteiger partial charge in [0.05, 0.1) is 10.2 Å². The monoisotopic (exact) mass is 968 g/mol. The maximum atomic E-state index is 6.67. The van der Waals surface area contributed by atoms with Gasteiger partial charge in [0.25, 0.3) is 0 Å². The van der Waals surface area contributed by atoms with Gasteiger partial charge in [0.2, 0.25) is 0 Å². The summed E-state index contributed by atoms with van der Waals surface area (Å²) < 4.78 is 11.5. The average Bonchev–Trinajstić information content (AvgIpc) is 3.87. The Bertz CT molecular complexity index is 3070. The Morgan fingerprint density at radius 1 is 0.627 bits per heavy atom. The minimum Gasteiger partial charge on any atom is -0.509 e. The van der Waals surface area contributed by atoms with Crippen LogP contribution in [-0.2, 0) is 31.9 Å². The van der Waals surface area contributed by atoms with Crippen molar-refractivity contribution in [2.45, 2.75) is 66.2 Å². The van der Waals surface area contributed by atoms with Crippen LogP contribution in [0.1, 0.15) is 63.8 Å². The summed E-state index contributed by atoms with van der Waals surface area (Å²) in [5.74, 6) is 2.09. The van der Waals surface area contributed by atoms with Gasteiger partial charge in [0, 0.05) is 71.3 Å². The quantitative estimate of drug-likeness (QED) is 0.161. The molecule has 0 aliphatic carbocycles. The molecule has 0 saturated carbocycles. The molecule has 0 spiro atoms.